The molecule has 0 bridgehead atoms. The second-order valence-electron chi connectivity index (χ2n) is 2.19. The van der Waals surface area contributed by atoms with Crippen LogP contribution in [0.15, 0.2) is 4.79 Å². The molecule has 12 heavy (non-hydrogen) atoms. The van der Waals surface area contributed by atoms with Gasteiger partial charge in [-0.05, 0) is 0 Å². The van der Waals surface area contributed by atoms with Gasteiger partial charge < -0.3 is 10.5 Å². The van der Waals surface area contributed by atoms with Crippen LogP contribution in [0.5, 0.6) is 5.88 Å². The molecular weight excluding hydrogens is 182 g/mol. The maximum Gasteiger partial charge on any atom is 0.272 e. The Balaban J connectivity index is 0.00000121. The molecule has 6 heteroatoms. The summed E-state index contributed by atoms with van der Waals surface area (Å²) in [5.74, 6) is 0.498. The van der Waals surface area contributed by atoms with E-state index in [1.807, 2.05) is 0 Å². The highest BCUT2D eigenvalue weighted by molar-refractivity contribution is 5.85. The van der Waals surface area contributed by atoms with Crippen LogP contribution >= 0.6 is 12.4 Å². The largest absolute Gasteiger partial charge is 0.481 e. The van der Waals surface area contributed by atoms with E-state index in [1.54, 1.807) is 7.05 Å². The summed E-state index contributed by atoms with van der Waals surface area (Å²) in [5.41, 5.74) is 5.62. The van der Waals surface area contributed by atoms with Gasteiger partial charge in [0.25, 0.3) is 5.56 Å². The van der Waals surface area contributed by atoms with Crippen LogP contribution in [-0.2, 0) is 13.6 Å². The number of rotatable bonds is 2. The fourth-order valence-corrected chi connectivity index (χ4v) is 1.01. The lowest BCUT2D eigenvalue weighted by molar-refractivity contribution is 0.369. The van der Waals surface area contributed by atoms with Gasteiger partial charge in [0.1, 0.15) is 0 Å². The molecule has 1 aromatic rings. The fourth-order valence-electron chi connectivity index (χ4n) is 1.01. The molecule has 0 atom stereocenters. The zero-order chi connectivity index (χ0) is 8.43. The predicted molar refractivity (Wildman–Crippen MR) is 47.7 cm³/mol. The second kappa shape index (κ2) is 4.18. The summed E-state index contributed by atoms with van der Waals surface area (Å²) >= 11 is 0. The van der Waals surface area contributed by atoms with Crippen LogP contribution in [0.2, 0.25) is 0 Å². The number of nitrogens with zero attached hydrogens (tertiary/aromatic N) is 1. The third-order valence-corrected chi connectivity index (χ3v) is 1.50. The van der Waals surface area contributed by atoms with Crippen molar-refractivity contribution in [1.82, 2.24) is 9.78 Å². The van der Waals surface area contributed by atoms with Crippen LogP contribution in [0.3, 0.4) is 0 Å². The Labute approximate surface area is 75.9 Å². The molecule has 0 radical (unpaired) electrons. The molecule has 0 aliphatic heterocycles. The van der Waals surface area contributed by atoms with Gasteiger partial charge in [-0.2, -0.15) is 0 Å². The maximum atomic E-state index is 11.0. The van der Waals surface area contributed by atoms with Crippen molar-refractivity contribution in [2.75, 3.05) is 7.11 Å². The van der Waals surface area contributed by atoms with Crippen molar-refractivity contribution in [2.24, 2.45) is 12.8 Å². The van der Waals surface area contributed by atoms with Gasteiger partial charge in [0.05, 0.1) is 12.7 Å². The average molecular weight is 194 g/mol. The highest BCUT2D eigenvalue weighted by atomic mass is 35.5. The van der Waals surface area contributed by atoms with Crippen LogP contribution in [0.1, 0.15) is 5.56 Å². The number of aromatic amines is 1. The number of hydrogen-bond acceptors (Lipinski definition) is 3. The lowest BCUT2D eigenvalue weighted by Crippen LogP contribution is -2.10. The van der Waals surface area contributed by atoms with E-state index in [-0.39, 0.29) is 24.5 Å². The fraction of sp³-hybridized carbons (Fsp3) is 0.500. The van der Waals surface area contributed by atoms with E-state index >= 15 is 0 Å². The molecule has 0 unspecified atom stereocenters. The summed E-state index contributed by atoms with van der Waals surface area (Å²) in [6.45, 7) is 0.194. The lowest BCUT2D eigenvalue weighted by atomic mass is 10.3. The molecule has 3 N–H and O–H groups in total. The van der Waals surface area contributed by atoms with Crippen molar-refractivity contribution < 1.29 is 4.74 Å². The predicted octanol–water partition coefficient (Wildman–Crippen LogP) is -0.398. The maximum absolute atomic E-state index is 11.0. The molecule has 0 amide bonds. The Morgan fingerprint density at radius 1 is 1.67 bits per heavy atom. The Hall–Kier alpha value is -0.940. The van der Waals surface area contributed by atoms with Gasteiger partial charge in [-0.25, -0.2) is 0 Å². The molecule has 0 fully saturated rings. The van der Waals surface area contributed by atoms with Gasteiger partial charge in [-0.1, -0.05) is 0 Å². The number of ether oxygens (including phenoxy) is 1. The summed E-state index contributed by atoms with van der Waals surface area (Å²) in [4.78, 5) is 11.0. The molecule has 1 aromatic heterocycles. The Morgan fingerprint density at radius 2 is 2.25 bits per heavy atom. The molecule has 1 heterocycles. The number of aryl methyl sites for hydroxylation is 1. The van der Waals surface area contributed by atoms with Crippen LogP contribution in [0.25, 0.3) is 0 Å². The number of H-pyrrole nitrogens is 1. The van der Waals surface area contributed by atoms with Crippen LogP contribution < -0.4 is 16.0 Å². The summed E-state index contributed by atoms with van der Waals surface area (Å²) in [6, 6.07) is 0. The van der Waals surface area contributed by atoms with Crippen molar-refractivity contribution in [3.05, 3.63) is 15.9 Å². The number of aromatic nitrogens is 2. The van der Waals surface area contributed by atoms with Crippen molar-refractivity contribution >= 4 is 12.4 Å². The Morgan fingerprint density at radius 3 is 2.58 bits per heavy atom. The van der Waals surface area contributed by atoms with Crippen LogP contribution in [-0.4, -0.2) is 16.9 Å². The van der Waals surface area contributed by atoms with Gasteiger partial charge in [0.15, 0.2) is 0 Å². The van der Waals surface area contributed by atoms with Gasteiger partial charge in [-0.3, -0.25) is 14.6 Å². The standard InChI is InChI=1S/C6H11N3O2.ClH/c1-9-6(11-2)4(3-7)5(10)8-9;/h3,7H2,1-2H3,(H,8,10);1H. The first-order valence-corrected chi connectivity index (χ1v) is 3.22. The van der Waals surface area contributed by atoms with E-state index in [4.69, 9.17) is 10.5 Å². The highest BCUT2D eigenvalue weighted by Crippen LogP contribution is 2.10. The van der Waals surface area contributed by atoms with E-state index in [1.165, 1.54) is 11.8 Å². The van der Waals surface area contributed by atoms with Crippen molar-refractivity contribution in [1.29, 1.82) is 0 Å². The third kappa shape index (κ3) is 1.62. The quantitative estimate of drug-likeness (QED) is 0.672. The summed E-state index contributed by atoms with van der Waals surface area (Å²) in [6.07, 6.45) is 0. The van der Waals surface area contributed by atoms with Gasteiger partial charge in [-0.15, -0.1) is 12.4 Å². The van der Waals surface area contributed by atoms with Crippen molar-refractivity contribution in [3.8, 4) is 5.88 Å². The van der Waals surface area contributed by atoms with E-state index in [9.17, 15) is 4.79 Å². The molecular formula is C6H12ClN3O2. The molecule has 0 aliphatic carbocycles. The molecule has 0 saturated carbocycles. The van der Waals surface area contributed by atoms with Gasteiger partial charge in [0, 0.05) is 13.6 Å². The first kappa shape index (κ1) is 11.1. The van der Waals surface area contributed by atoms with E-state index in [2.05, 4.69) is 5.10 Å². The molecule has 0 saturated heterocycles. The number of hydrogen-bond donors (Lipinski definition) is 2. The van der Waals surface area contributed by atoms with Gasteiger partial charge in [0.2, 0.25) is 5.88 Å². The number of nitrogens with one attached hydrogen (secondary N) is 1. The third-order valence-electron chi connectivity index (χ3n) is 1.50. The minimum atomic E-state index is -0.188. The molecule has 70 valence electrons. The normalized spacial score (nSPS) is 9.25. The first-order valence-electron chi connectivity index (χ1n) is 3.22. The van der Waals surface area contributed by atoms with Crippen LogP contribution in [0.4, 0.5) is 0 Å². The number of methoxy groups -OCH3 is 1. The second-order valence-corrected chi connectivity index (χ2v) is 2.19. The lowest BCUT2D eigenvalue weighted by Gasteiger charge is -2.00. The van der Waals surface area contributed by atoms with Gasteiger partial charge >= 0.3 is 0 Å². The number of halogens is 1. The average Bonchev–Trinajstić information content (AvgIpc) is 2.24. The molecule has 0 aromatic carbocycles. The topological polar surface area (TPSA) is 73.0 Å². The number of nitrogens with two attached hydrogens (primary N) is 1. The molecule has 1 rings (SSSR count). The Kier molecular flexibility index (Phi) is 3.85. The summed E-state index contributed by atoms with van der Waals surface area (Å²) in [5, 5.41) is 2.53. The minimum absolute atomic E-state index is 0. The minimum Gasteiger partial charge on any atom is -0.481 e. The summed E-state index contributed by atoms with van der Waals surface area (Å²) in [7, 11) is 3.20. The van der Waals surface area contributed by atoms with Crippen LogP contribution in [0, 0.1) is 0 Å². The van der Waals surface area contributed by atoms with Crippen molar-refractivity contribution in [3.63, 3.8) is 0 Å². The highest BCUT2D eigenvalue weighted by Gasteiger charge is 2.10. The smallest absolute Gasteiger partial charge is 0.272 e. The first-order chi connectivity index (χ1) is 5.20. The van der Waals surface area contributed by atoms with Crippen molar-refractivity contribution in [2.45, 2.75) is 6.54 Å². The summed E-state index contributed by atoms with van der Waals surface area (Å²) < 4.78 is 6.44. The zero-order valence-electron chi connectivity index (χ0n) is 6.96. The van der Waals surface area contributed by atoms with E-state index in [0.29, 0.717) is 11.4 Å². The monoisotopic (exact) mass is 193 g/mol. The SMILES string of the molecule is COc1c(CN)c(=O)[nH]n1C.Cl. The molecule has 0 spiro atoms. The zero-order valence-corrected chi connectivity index (χ0v) is 7.77. The van der Waals surface area contributed by atoms with E-state index < -0.39 is 0 Å². The van der Waals surface area contributed by atoms with E-state index in [0.717, 1.165) is 0 Å². The molecule has 5 nitrogen and oxygen atoms in total. The molecule has 0 aliphatic rings. The Bertz CT molecular complexity index is 304.